The fourth-order valence-corrected chi connectivity index (χ4v) is 2.33. The molecule has 2 aromatic heterocycles. The summed E-state index contributed by atoms with van der Waals surface area (Å²) in [5.74, 6) is 0. The van der Waals surface area contributed by atoms with Crippen molar-refractivity contribution in [3.63, 3.8) is 0 Å². The Morgan fingerprint density at radius 3 is 3.00 bits per heavy atom. The van der Waals surface area contributed by atoms with Crippen molar-refractivity contribution in [2.75, 3.05) is 25.1 Å². The van der Waals surface area contributed by atoms with Gasteiger partial charge in [-0.3, -0.25) is 0 Å². The third-order valence-corrected chi connectivity index (χ3v) is 3.43. The van der Waals surface area contributed by atoms with Gasteiger partial charge in [-0.2, -0.15) is 4.98 Å². The molecule has 0 aliphatic carbocycles. The van der Waals surface area contributed by atoms with E-state index >= 15 is 0 Å². The maximum absolute atomic E-state index is 11.2. The number of carbonyl (C=O) groups excluding carboxylic acids is 1. The van der Waals surface area contributed by atoms with Crippen molar-refractivity contribution in [2.45, 2.75) is 18.9 Å². The number of fused-ring (bicyclic) bond motifs is 1. The SMILES string of the molecule is COC(=O)NC1CCN(c2nc3ncccc3o2)CC1. The number of hydrogen-bond donors (Lipinski definition) is 1. The van der Waals surface area contributed by atoms with Gasteiger partial charge in [0.25, 0.3) is 6.01 Å². The molecule has 1 aliphatic rings. The van der Waals surface area contributed by atoms with Gasteiger partial charge in [-0.1, -0.05) is 0 Å². The van der Waals surface area contributed by atoms with Crippen LogP contribution in [0.15, 0.2) is 22.7 Å². The lowest BCUT2D eigenvalue weighted by Crippen LogP contribution is -2.44. The van der Waals surface area contributed by atoms with Crippen molar-refractivity contribution in [1.29, 1.82) is 0 Å². The Morgan fingerprint density at radius 2 is 2.30 bits per heavy atom. The molecule has 0 saturated carbocycles. The third-order valence-electron chi connectivity index (χ3n) is 3.43. The first-order valence-corrected chi connectivity index (χ1v) is 6.57. The molecule has 0 atom stereocenters. The second-order valence-electron chi connectivity index (χ2n) is 4.72. The number of piperidine rings is 1. The molecule has 3 rings (SSSR count). The first-order valence-electron chi connectivity index (χ1n) is 6.57. The van der Waals surface area contributed by atoms with Crippen molar-refractivity contribution in [3.8, 4) is 0 Å². The third kappa shape index (κ3) is 2.52. The van der Waals surface area contributed by atoms with Crippen LogP contribution in [0.25, 0.3) is 11.2 Å². The van der Waals surface area contributed by atoms with Crippen LogP contribution in [-0.2, 0) is 4.74 Å². The second-order valence-corrected chi connectivity index (χ2v) is 4.72. The number of nitrogens with zero attached hydrogens (tertiary/aromatic N) is 3. The van der Waals surface area contributed by atoms with Crippen LogP contribution in [0.4, 0.5) is 10.8 Å². The number of nitrogens with one attached hydrogen (secondary N) is 1. The molecule has 2 aromatic rings. The van der Waals surface area contributed by atoms with E-state index in [4.69, 9.17) is 4.42 Å². The number of pyridine rings is 1. The van der Waals surface area contributed by atoms with Crippen LogP contribution in [0.5, 0.6) is 0 Å². The van der Waals surface area contributed by atoms with E-state index in [2.05, 4.69) is 24.9 Å². The van der Waals surface area contributed by atoms with Gasteiger partial charge in [-0.05, 0) is 25.0 Å². The van der Waals surface area contributed by atoms with Crippen LogP contribution in [0.3, 0.4) is 0 Å². The first-order chi connectivity index (χ1) is 9.76. The molecule has 0 bridgehead atoms. The number of aromatic nitrogens is 2. The number of anilines is 1. The molecule has 1 N–H and O–H groups in total. The molecule has 0 aromatic carbocycles. The Kier molecular flexibility index (Phi) is 3.41. The summed E-state index contributed by atoms with van der Waals surface area (Å²) in [4.78, 5) is 21.8. The number of oxazole rings is 1. The minimum absolute atomic E-state index is 0.140. The molecular formula is C13H16N4O3. The van der Waals surface area contributed by atoms with E-state index in [1.54, 1.807) is 6.20 Å². The summed E-state index contributed by atoms with van der Waals surface area (Å²) < 4.78 is 10.3. The molecule has 1 fully saturated rings. The van der Waals surface area contributed by atoms with E-state index < -0.39 is 0 Å². The van der Waals surface area contributed by atoms with Gasteiger partial charge in [0.15, 0.2) is 5.58 Å². The molecule has 1 aliphatic heterocycles. The Bertz CT molecular complexity index is 571. The molecule has 7 nitrogen and oxygen atoms in total. The summed E-state index contributed by atoms with van der Waals surface area (Å²) in [5.41, 5.74) is 1.31. The van der Waals surface area contributed by atoms with Crippen molar-refractivity contribution in [3.05, 3.63) is 18.3 Å². The lowest BCUT2D eigenvalue weighted by Gasteiger charge is -2.30. The van der Waals surface area contributed by atoms with Gasteiger partial charge in [0.1, 0.15) is 0 Å². The number of amides is 1. The minimum atomic E-state index is -0.380. The summed E-state index contributed by atoms with van der Waals surface area (Å²) in [7, 11) is 1.37. The standard InChI is InChI=1S/C13H16N4O3/c1-19-13(18)15-9-4-7-17(8-5-9)12-16-11-10(20-12)3-2-6-14-11/h2-3,6,9H,4-5,7-8H2,1H3,(H,15,18). The average Bonchev–Trinajstić information content (AvgIpc) is 2.91. The molecule has 0 spiro atoms. The zero-order chi connectivity index (χ0) is 13.9. The van der Waals surface area contributed by atoms with Crippen LogP contribution >= 0.6 is 0 Å². The molecule has 1 amide bonds. The Labute approximate surface area is 115 Å². The van der Waals surface area contributed by atoms with Crippen LogP contribution in [0, 0.1) is 0 Å². The first kappa shape index (κ1) is 12.7. The van der Waals surface area contributed by atoms with Gasteiger partial charge in [-0.15, -0.1) is 0 Å². The van der Waals surface area contributed by atoms with Gasteiger partial charge in [0, 0.05) is 25.3 Å². The summed E-state index contributed by atoms with van der Waals surface area (Å²) in [6, 6.07) is 4.41. The Morgan fingerprint density at radius 1 is 1.50 bits per heavy atom. The molecule has 1 saturated heterocycles. The summed E-state index contributed by atoms with van der Waals surface area (Å²) in [6.45, 7) is 1.56. The summed E-state index contributed by atoms with van der Waals surface area (Å²) >= 11 is 0. The monoisotopic (exact) mass is 276 g/mol. The van der Waals surface area contributed by atoms with Crippen LogP contribution in [0.1, 0.15) is 12.8 Å². The number of methoxy groups -OCH3 is 1. The fourth-order valence-electron chi connectivity index (χ4n) is 2.33. The van der Waals surface area contributed by atoms with E-state index in [-0.39, 0.29) is 12.1 Å². The molecule has 106 valence electrons. The molecule has 0 radical (unpaired) electrons. The quantitative estimate of drug-likeness (QED) is 0.896. The minimum Gasteiger partial charge on any atom is -0.453 e. The predicted octanol–water partition coefficient (Wildman–Crippen LogP) is 1.55. The van der Waals surface area contributed by atoms with Gasteiger partial charge in [0.2, 0.25) is 5.65 Å². The summed E-state index contributed by atoms with van der Waals surface area (Å²) in [5, 5.41) is 2.82. The maximum Gasteiger partial charge on any atom is 0.407 e. The van der Waals surface area contributed by atoms with E-state index in [1.807, 2.05) is 12.1 Å². The number of hydrogen-bond acceptors (Lipinski definition) is 6. The number of carbonyl (C=O) groups is 1. The lowest BCUT2D eigenvalue weighted by atomic mass is 10.1. The van der Waals surface area contributed by atoms with Crippen molar-refractivity contribution >= 4 is 23.3 Å². The smallest absolute Gasteiger partial charge is 0.407 e. The van der Waals surface area contributed by atoms with Crippen LogP contribution < -0.4 is 10.2 Å². The van der Waals surface area contributed by atoms with E-state index in [9.17, 15) is 4.79 Å². The zero-order valence-electron chi connectivity index (χ0n) is 11.2. The number of ether oxygens (including phenoxy) is 1. The predicted molar refractivity (Wildman–Crippen MR) is 72.6 cm³/mol. The van der Waals surface area contributed by atoms with E-state index in [0.717, 1.165) is 25.9 Å². The molecule has 3 heterocycles. The highest BCUT2D eigenvalue weighted by Crippen LogP contribution is 2.23. The normalized spacial score (nSPS) is 16.4. The van der Waals surface area contributed by atoms with Crippen LogP contribution in [-0.4, -0.2) is 42.3 Å². The molecular weight excluding hydrogens is 260 g/mol. The van der Waals surface area contributed by atoms with Gasteiger partial charge in [0.05, 0.1) is 7.11 Å². The molecule has 7 heteroatoms. The number of alkyl carbamates (subject to hydrolysis) is 1. The fraction of sp³-hybridized carbons (Fsp3) is 0.462. The maximum atomic E-state index is 11.2. The Balaban J connectivity index is 1.64. The largest absolute Gasteiger partial charge is 0.453 e. The second kappa shape index (κ2) is 5.36. The van der Waals surface area contributed by atoms with Gasteiger partial charge >= 0.3 is 6.09 Å². The van der Waals surface area contributed by atoms with E-state index in [0.29, 0.717) is 17.2 Å². The van der Waals surface area contributed by atoms with Crippen LogP contribution in [0.2, 0.25) is 0 Å². The van der Waals surface area contributed by atoms with Gasteiger partial charge in [-0.25, -0.2) is 9.78 Å². The Hall–Kier alpha value is -2.31. The summed E-state index contributed by atoms with van der Waals surface area (Å²) in [6.07, 6.45) is 2.98. The highest BCUT2D eigenvalue weighted by Gasteiger charge is 2.24. The molecule has 0 unspecified atom stereocenters. The highest BCUT2D eigenvalue weighted by atomic mass is 16.5. The molecule has 20 heavy (non-hydrogen) atoms. The topological polar surface area (TPSA) is 80.5 Å². The highest BCUT2D eigenvalue weighted by molar-refractivity contribution is 5.69. The lowest BCUT2D eigenvalue weighted by molar-refractivity contribution is 0.164. The van der Waals surface area contributed by atoms with Crippen molar-refractivity contribution < 1.29 is 13.9 Å². The van der Waals surface area contributed by atoms with E-state index in [1.165, 1.54) is 7.11 Å². The van der Waals surface area contributed by atoms with Crippen molar-refractivity contribution in [1.82, 2.24) is 15.3 Å². The zero-order valence-corrected chi connectivity index (χ0v) is 11.2. The average molecular weight is 276 g/mol. The van der Waals surface area contributed by atoms with Crippen molar-refractivity contribution in [2.24, 2.45) is 0 Å². The van der Waals surface area contributed by atoms with Gasteiger partial charge < -0.3 is 19.4 Å². The number of rotatable bonds is 2.